The van der Waals surface area contributed by atoms with Crippen molar-refractivity contribution in [3.8, 4) is 0 Å². The van der Waals surface area contributed by atoms with Crippen molar-refractivity contribution in [1.82, 2.24) is 4.98 Å². The summed E-state index contributed by atoms with van der Waals surface area (Å²) in [7, 11) is 0. The van der Waals surface area contributed by atoms with Crippen LogP contribution in [0.5, 0.6) is 0 Å². The predicted molar refractivity (Wildman–Crippen MR) is 68.4 cm³/mol. The largest absolute Gasteiger partial charge is 0.478 e. The standard InChI is InChI=1S/C12H8N2O4S/c15-12(16)10-7-8(14(17)18)1-2-11(10)19-9-3-5-13-6-4-9/h1-7H,(H,15,16). The summed E-state index contributed by atoms with van der Waals surface area (Å²) < 4.78 is 0. The number of hydrogen-bond acceptors (Lipinski definition) is 5. The molecule has 0 aliphatic rings. The van der Waals surface area contributed by atoms with Crippen molar-refractivity contribution in [2.75, 3.05) is 0 Å². The molecule has 1 aromatic carbocycles. The lowest BCUT2D eigenvalue weighted by Gasteiger charge is -2.05. The molecule has 6 nitrogen and oxygen atoms in total. The third kappa shape index (κ3) is 3.08. The van der Waals surface area contributed by atoms with E-state index < -0.39 is 10.9 Å². The molecule has 1 heterocycles. The van der Waals surface area contributed by atoms with Crippen LogP contribution in [0, 0.1) is 10.1 Å². The average molecular weight is 276 g/mol. The van der Waals surface area contributed by atoms with Crippen molar-refractivity contribution in [3.63, 3.8) is 0 Å². The fraction of sp³-hybridized carbons (Fsp3) is 0. The van der Waals surface area contributed by atoms with Crippen LogP contribution in [-0.2, 0) is 0 Å². The zero-order valence-electron chi connectivity index (χ0n) is 9.52. The Balaban J connectivity index is 2.40. The maximum Gasteiger partial charge on any atom is 0.337 e. The molecule has 0 saturated heterocycles. The summed E-state index contributed by atoms with van der Waals surface area (Å²) in [6.07, 6.45) is 3.18. The second kappa shape index (κ2) is 5.49. The van der Waals surface area contributed by atoms with Crippen LogP contribution in [0.4, 0.5) is 5.69 Å². The van der Waals surface area contributed by atoms with E-state index in [2.05, 4.69) is 4.98 Å². The Morgan fingerprint density at radius 1 is 1.26 bits per heavy atom. The minimum atomic E-state index is -1.19. The summed E-state index contributed by atoms with van der Waals surface area (Å²) in [5, 5.41) is 19.7. The highest BCUT2D eigenvalue weighted by molar-refractivity contribution is 7.99. The fourth-order valence-electron chi connectivity index (χ4n) is 1.42. The Kier molecular flexibility index (Phi) is 3.76. The number of benzene rings is 1. The first-order chi connectivity index (χ1) is 9.08. The van der Waals surface area contributed by atoms with E-state index in [1.54, 1.807) is 24.5 Å². The van der Waals surface area contributed by atoms with Crippen LogP contribution in [-0.4, -0.2) is 21.0 Å². The zero-order chi connectivity index (χ0) is 13.8. The molecule has 0 spiro atoms. The third-order valence-electron chi connectivity index (χ3n) is 2.28. The number of rotatable bonds is 4. The molecule has 0 radical (unpaired) electrons. The quantitative estimate of drug-likeness (QED) is 0.681. The number of nitrogens with zero attached hydrogens (tertiary/aromatic N) is 2. The van der Waals surface area contributed by atoms with Crippen LogP contribution in [0.25, 0.3) is 0 Å². The zero-order valence-corrected chi connectivity index (χ0v) is 10.3. The first-order valence-corrected chi connectivity index (χ1v) is 5.99. The fourth-order valence-corrected chi connectivity index (χ4v) is 2.32. The number of aromatic nitrogens is 1. The lowest BCUT2D eigenvalue weighted by Crippen LogP contribution is -2.00. The van der Waals surface area contributed by atoms with Crippen molar-refractivity contribution in [1.29, 1.82) is 0 Å². The Hall–Kier alpha value is -2.41. The smallest absolute Gasteiger partial charge is 0.337 e. The first-order valence-electron chi connectivity index (χ1n) is 5.17. The molecular formula is C12H8N2O4S. The highest BCUT2D eigenvalue weighted by atomic mass is 32.2. The average Bonchev–Trinajstić information content (AvgIpc) is 2.39. The van der Waals surface area contributed by atoms with E-state index in [1.807, 2.05) is 0 Å². The van der Waals surface area contributed by atoms with Crippen molar-refractivity contribution in [2.45, 2.75) is 9.79 Å². The van der Waals surface area contributed by atoms with Gasteiger partial charge in [-0.05, 0) is 18.2 Å². The molecule has 0 atom stereocenters. The van der Waals surface area contributed by atoms with Crippen molar-refractivity contribution < 1.29 is 14.8 Å². The first kappa shape index (κ1) is 13.0. The molecule has 0 unspecified atom stereocenters. The summed E-state index contributed by atoms with van der Waals surface area (Å²) in [5.74, 6) is -1.19. The Morgan fingerprint density at radius 3 is 2.53 bits per heavy atom. The normalized spacial score (nSPS) is 10.1. The second-order valence-corrected chi connectivity index (χ2v) is 4.64. The number of carboxylic acid groups (broad SMARTS) is 1. The molecule has 0 fully saturated rings. The summed E-state index contributed by atoms with van der Waals surface area (Å²) in [6, 6.07) is 7.25. The topological polar surface area (TPSA) is 93.3 Å². The number of non-ortho nitro benzene ring substituents is 1. The molecule has 0 amide bonds. The monoisotopic (exact) mass is 276 g/mol. The number of carbonyl (C=O) groups is 1. The molecule has 19 heavy (non-hydrogen) atoms. The molecule has 1 N–H and O–H groups in total. The van der Waals surface area contributed by atoms with Gasteiger partial charge < -0.3 is 5.11 Å². The van der Waals surface area contributed by atoms with Gasteiger partial charge in [-0.3, -0.25) is 15.1 Å². The highest BCUT2D eigenvalue weighted by Gasteiger charge is 2.16. The van der Waals surface area contributed by atoms with Gasteiger partial charge in [-0.15, -0.1) is 0 Å². The van der Waals surface area contributed by atoms with Gasteiger partial charge in [0.2, 0.25) is 0 Å². The van der Waals surface area contributed by atoms with Crippen molar-refractivity contribution >= 4 is 23.4 Å². The van der Waals surface area contributed by atoms with E-state index in [-0.39, 0.29) is 11.3 Å². The van der Waals surface area contributed by atoms with Gasteiger partial charge in [-0.1, -0.05) is 11.8 Å². The van der Waals surface area contributed by atoms with E-state index in [1.165, 1.54) is 23.9 Å². The van der Waals surface area contributed by atoms with Crippen LogP contribution in [0.2, 0.25) is 0 Å². The van der Waals surface area contributed by atoms with Gasteiger partial charge in [0.15, 0.2) is 0 Å². The summed E-state index contributed by atoms with van der Waals surface area (Å²) >= 11 is 1.22. The van der Waals surface area contributed by atoms with Crippen molar-refractivity contribution in [2.24, 2.45) is 0 Å². The van der Waals surface area contributed by atoms with E-state index in [4.69, 9.17) is 5.11 Å². The number of hydrogen-bond donors (Lipinski definition) is 1. The van der Waals surface area contributed by atoms with E-state index in [0.717, 1.165) is 11.0 Å². The SMILES string of the molecule is O=C(O)c1cc([N+](=O)[O-])ccc1Sc1ccncc1. The summed E-state index contributed by atoms with van der Waals surface area (Å²) in [6.45, 7) is 0. The number of pyridine rings is 1. The molecule has 2 aromatic rings. The van der Waals surface area contributed by atoms with Gasteiger partial charge in [0.25, 0.3) is 5.69 Å². The molecule has 0 saturated carbocycles. The Morgan fingerprint density at radius 2 is 1.95 bits per heavy atom. The lowest BCUT2D eigenvalue weighted by molar-refractivity contribution is -0.384. The molecule has 7 heteroatoms. The Bertz CT molecular complexity index is 631. The van der Waals surface area contributed by atoms with Crippen LogP contribution in [0.1, 0.15) is 10.4 Å². The summed E-state index contributed by atoms with van der Waals surface area (Å²) in [5.41, 5.74) is -0.326. The number of aromatic carboxylic acids is 1. The van der Waals surface area contributed by atoms with E-state index in [9.17, 15) is 14.9 Å². The van der Waals surface area contributed by atoms with Gasteiger partial charge in [0, 0.05) is 34.3 Å². The van der Waals surface area contributed by atoms with Crippen LogP contribution in [0.3, 0.4) is 0 Å². The highest BCUT2D eigenvalue weighted by Crippen LogP contribution is 2.32. The van der Waals surface area contributed by atoms with E-state index in [0.29, 0.717) is 4.90 Å². The number of nitro groups is 1. The maximum atomic E-state index is 11.1. The van der Waals surface area contributed by atoms with Gasteiger partial charge >= 0.3 is 5.97 Å². The molecule has 96 valence electrons. The molecule has 0 bridgehead atoms. The molecule has 0 aliphatic carbocycles. The molecule has 1 aromatic heterocycles. The van der Waals surface area contributed by atoms with Gasteiger partial charge in [0.05, 0.1) is 10.5 Å². The minimum Gasteiger partial charge on any atom is -0.478 e. The van der Waals surface area contributed by atoms with Gasteiger partial charge in [0.1, 0.15) is 0 Å². The molecule has 2 rings (SSSR count). The minimum absolute atomic E-state index is 0.0870. The van der Waals surface area contributed by atoms with E-state index >= 15 is 0 Å². The number of carboxylic acids is 1. The maximum absolute atomic E-state index is 11.1. The van der Waals surface area contributed by atoms with Gasteiger partial charge in [-0.2, -0.15) is 0 Å². The summed E-state index contributed by atoms with van der Waals surface area (Å²) in [4.78, 5) is 26.3. The van der Waals surface area contributed by atoms with Crippen LogP contribution >= 0.6 is 11.8 Å². The molecule has 0 aliphatic heterocycles. The van der Waals surface area contributed by atoms with Crippen molar-refractivity contribution in [3.05, 3.63) is 58.4 Å². The lowest BCUT2D eigenvalue weighted by atomic mass is 10.2. The Labute approximate surface area is 112 Å². The second-order valence-electron chi connectivity index (χ2n) is 3.53. The predicted octanol–water partition coefficient (Wildman–Crippen LogP) is 2.84. The van der Waals surface area contributed by atoms with Crippen LogP contribution < -0.4 is 0 Å². The van der Waals surface area contributed by atoms with Crippen LogP contribution in [0.15, 0.2) is 52.5 Å². The number of nitro benzene ring substituents is 1. The third-order valence-corrected chi connectivity index (χ3v) is 3.37. The molecular weight excluding hydrogens is 268 g/mol. The van der Waals surface area contributed by atoms with Gasteiger partial charge in [-0.25, -0.2) is 4.79 Å².